The highest BCUT2D eigenvalue weighted by Crippen LogP contribution is 2.39. The van der Waals surface area contributed by atoms with Crippen LogP contribution in [-0.2, 0) is 6.54 Å². The van der Waals surface area contributed by atoms with E-state index in [-0.39, 0.29) is 6.04 Å². The first-order chi connectivity index (χ1) is 15.0. The maximum atomic E-state index is 11.3. The van der Waals surface area contributed by atoms with E-state index >= 15 is 0 Å². The summed E-state index contributed by atoms with van der Waals surface area (Å²) >= 11 is 0. The molecule has 160 valence electrons. The number of nitrogens with zero attached hydrogens (tertiary/aromatic N) is 1. The lowest BCUT2D eigenvalue weighted by molar-refractivity contribution is 0.0696. The van der Waals surface area contributed by atoms with Crippen molar-refractivity contribution in [1.82, 2.24) is 9.88 Å². The summed E-state index contributed by atoms with van der Waals surface area (Å²) in [7, 11) is 1.72. The van der Waals surface area contributed by atoms with Gasteiger partial charge in [-0.05, 0) is 67.6 Å². The number of rotatable bonds is 6. The Morgan fingerprint density at radius 1 is 1.32 bits per heavy atom. The van der Waals surface area contributed by atoms with Gasteiger partial charge >= 0.3 is 5.97 Å². The van der Waals surface area contributed by atoms with Crippen LogP contribution in [0.25, 0.3) is 10.9 Å². The van der Waals surface area contributed by atoms with Crippen LogP contribution in [0.1, 0.15) is 52.4 Å². The maximum Gasteiger partial charge on any atom is 0.335 e. The molecule has 0 spiro atoms. The van der Waals surface area contributed by atoms with Crippen LogP contribution >= 0.6 is 0 Å². The lowest BCUT2D eigenvalue weighted by Crippen LogP contribution is -2.36. The van der Waals surface area contributed by atoms with Gasteiger partial charge in [0.15, 0.2) is 0 Å². The topological polar surface area (TPSA) is 65.6 Å². The highest BCUT2D eigenvalue weighted by molar-refractivity contribution is 5.88. The molecule has 2 atom stereocenters. The van der Waals surface area contributed by atoms with Crippen LogP contribution in [0.2, 0.25) is 0 Å². The first-order valence-electron chi connectivity index (χ1n) is 10.7. The predicted molar refractivity (Wildman–Crippen MR) is 122 cm³/mol. The number of fused-ring (bicyclic) bond motifs is 1. The molecule has 0 saturated carbocycles. The summed E-state index contributed by atoms with van der Waals surface area (Å²) in [5, 5.41) is 10.4. The Bertz CT molecular complexity index is 1120. The zero-order valence-electron chi connectivity index (χ0n) is 18.0. The minimum Gasteiger partial charge on any atom is -0.496 e. The van der Waals surface area contributed by atoms with E-state index in [2.05, 4.69) is 34.9 Å². The number of aryl methyl sites for hydroxylation is 1. The third-order valence-corrected chi connectivity index (χ3v) is 6.46. The smallest absolute Gasteiger partial charge is 0.335 e. The van der Waals surface area contributed by atoms with Crippen LogP contribution in [0.3, 0.4) is 0 Å². The van der Waals surface area contributed by atoms with Crippen LogP contribution in [-0.4, -0.2) is 34.6 Å². The van der Waals surface area contributed by atoms with Crippen LogP contribution < -0.4 is 4.74 Å². The van der Waals surface area contributed by atoms with Gasteiger partial charge in [-0.15, -0.1) is 12.3 Å². The molecule has 3 aromatic rings. The van der Waals surface area contributed by atoms with E-state index < -0.39 is 5.97 Å². The van der Waals surface area contributed by atoms with Gasteiger partial charge in [-0.25, -0.2) is 4.79 Å². The number of carbonyl (C=O) groups is 1. The molecule has 2 aromatic carbocycles. The Labute approximate surface area is 183 Å². The molecule has 0 radical (unpaired) electrons. The molecule has 1 aromatic heterocycles. The fourth-order valence-electron chi connectivity index (χ4n) is 4.81. The number of likely N-dealkylation sites (tertiary alicyclic amines) is 1. The monoisotopic (exact) mass is 416 g/mol. The molecule has 2 heterocycles. The number of aromatic amines is 1. The van der Waals surface area contributed by atoms with Gasteiger partial charge in [0.1, 0.15) is 5.75 Å². The molecule has 5 heteroatoms. The van der Waals surface area contributed by atoms with Crippen molar-refractivity contribution in [2.45, 2.75) is 38.8 Å². The Hall–Kier alpha value is -3.23. The van der Waals surface area contributed by atoms with Crippen LogP contribution in [0.15, 0.2) is 42.6 Å². The van der Waals surface area contributed by atoms with Gasteiger partial charge in [-0.2, -0.15) is 0 Å². The van der Waals surface area contributed by atoms with Gasteiger partial charge in [0.2, 0.25) is 0 Å². The van der Waals surface area contributed by atoms with Crippen LogP contribution in [0, 0.1) is 25.2 Å². The van der Waals surface area contributed by atoms with E-state index in [4.69, 9.17) is 11.2 Å². The van der Waals surface area contributed by atoms with Crippen molar-refractivity contribution in [2.24, 2.45) is 5.92 Å². The van der Waals surface area contributed by atoms with Gasteiger partial charge in [-0.1, -0.05) is 12.1 Å². The summed E-state index contributed by atoms with van der Waals surface area (Å²) in [4.78, 5) is 17.1. The van der Waals surface area contributed by atoms with E-state index in [9.17, 15) is 9.90 Å². The second-order valence-corrected chi connectivity index (χ2v) is 8.35. The normalized spacial score (nSPS) is 19.3. The summed E-state index contributed by atoms with van der Waals surface area (Å²) in [6.07, 6.45) is 10.4. The number of terminal acetylenes is 1. The molecule has 0 unspecified atom stereocenters. The molecular weight excluding hydrogens is 388 g/mol. The van der Waals surface area contributed by atoms with Crippen molar-refractivity contribution in [3.8, 4) is 18.1 Å². The second-order valence-electron chi connectivity index (χ2n) is 8.35. The number of carboxylic acids is 1. The number of piperidine rings is 1. The molecule has 1 saturated heterocycles. The molecule has 1 aliphatic rings. The summed E-state index contributed by atoms with van der Waals surface area (Å²) in [6.45, 7) is 3.77. The van der Waals surface area contributed by atoms with E-state index in [0.717, 1.165) is 54.7 Å². The lowest BCUT2D eigenvalue weighted by atomic mass is 9.84. The maximum absolute atomic E-state index is 11.3. The standard InChI is InChI=1S/C26H28N2O3/c1-4-5-18-11-13-28(23(15-18)19-6-8-20(9-7-19)26(29)30)16-22-21-10-12-27-25(21)17(2)14-24(22)31-3/h1,6-10,12,14,18,23,27H,5,11,13,15-16H2,2-3H3,(H,29,30)/t18-,23+/m1/s1. The molecule has 5 nitrogen and oxygen atoms in total. The summed E-state index contributed by atoms with van der Waals surface area (Å²) in [6, 6.07) is 11.7. The SMILES string of the molecule is C#CC[C@@H]1CCN(Cc2c(OC)cc(C)c3[nH]ccc23)[C@H](c2ccc(C(=O)O)cc2)C1. The predicted octanol–water partition coefficient (Wildman–Crippen LogP) is 5.16. The number of hydrogen-bond acceptors (Lipinski definition) is 3. The summed E-state index contributed by atoms with van der Waals surface area (Å²) in [5.41, 5.74) is 4.91. The van der Waals surface area contributed by atoms with Gasteiger partial charge in [0, 0.05) is 41.7 Å². The zero-order chi connectivity index (χ0) is 22.0. The molecule has 31 heavy (non-hydrogen) atoms. The first kappa shape index (κ1) is 21.0. The highest BCUT2D eigenvalue weighted by Gasteiger charge is 2.30. The molecule has 1 aliphatic heterocycles. The van der Waals surface area contributed by atoms with Gasteiger partial charge in [-0.3, -0.25) is 4.90 Å². The van der Waals surface area contributed by atoms with Gasteiger partial charge in [0.05, 0.1) is 12.7 Å². The third kappa shape index (κ3) is 4.17. The average molecular weight is 417 g/mol. The molecule has 0 aliphatic carbocycles. The van der Waals surface area contributed by atoms with Crippen molar-refractivity contribution in [3.63, 3.8) is 0 Å². The average Bonchev–Trinajstić information content (AvgIpc) is 3.27. The van der Waals surface area contributed by atoms with Crippen molar-refractivity contribution < 1.29 is 14.6 Å². The number of H-pyrrole nitrogens is 1. The minimum atomic E-state index is -0.906. The van der Waals surface area contributed by atoms with E-state index in [1.807, 2.05) is 18.3 Å². The molecular formula is C26H28N2O3. The van der Waals surface area contributed by atoms with E-state index in [0.29, 0.717) is 11.5 Å². The van der Waals surface area contributed by atoms with Gasteiger partial charge in [0.25, 0.3) is 0 Å². The number of aromatic nitrogens is 1. The Morgan fingerprint density at radius 3 is 2.77 bits per heavy atom. The summed E-state index contributed by atoms with van der Waals surface area (Å²) in [5.74, 6) is 3.29. The van der Waals surface area contributed by atoms with Crippen molar-refractivity contribution in [1.29, 1.82) is 0 Å². The van der Waals surface area contributed by atoms with Crippen molar-refractivity contribution in [3.05, 3.63) is 64.8 Å². The van der Waals surface area contributed by atoms with Crippen molar-refractivity contribution in [2.75, 3.05) is 13.7 Å². The quantitative estimate of drug-likeness (QED) is 0.545. The molecule has 1 fully saturated rings. The lowest BCUT2D eigenvalue weighted by Gasteiger charge is -2.40. The fourth-order valence-corrected chi connectivity index (χ4v) is 4.81. The number of methoxy groups -OCH3 is 1. The largest absolute Gasteiger partial charge is 0.496 e. The number of nitrogens with one attached hydrogen (secondary N) is 1. The third-order valence-electron chi connectivity index (χ3n) is 6.46. The van der Waals surface area contributed by atoms with Crippen LogP contribution in [0.5, 0.6) is 5.75 Å². The first-order valence-corrected chi connectivity index (χ1v) is 10.7. The van der Waals surface area contributed by atoms with Crippen molar-refractivity contribution >= 4 is 16.9 Å². The zero-order valence-corrected chi connectivity index (χ0v) is 18.0. The number of aromatic carboxylic acids is 1. The summed E-state index contributed by atoms with van der Waals surface area (Å²) < 4.78 is 5.76. The molecule has 4 rings (SSSR count). The molecule has 0 amide bonds. The Kier molecular flexibility index (Phi) is 6.01. The second kappa shape index (κ2) is 8.87. The Morgan fingerprint density at radius 2 is 2.10 bits per heavy atom. The van der Waals surface area contributed by atoms with E-state index in [1.54, 1.807) is 19.2 Å². The van der Waals surface area contributed by atoms with Crippen LogP contribution in [0.4, 0.5) is 0 Å². The Balaban J connectivity index is 1.70. The number of ether oxygens (including phenoxy) is 1. The molecule has 0 bridgehead atoms. The number of hydrogen-bond donors (Lipinski definition) is 2. The van der Waals surface area contributed by atoms with E-state index in [1.165, 1.54) is 10.9 Å². The van der Waals surface area contributed by atoms with Gasteiger partial charge < -0.3 is 14.8 Å². The number of benzene rings is 2. The minimum absolute atomic E-state index is 0.176. The highest BCUT2D eigenvalue weighted by atomic mass is 16.5. The fraction of sp³-hybridized carbons (Fsp3) is 0.346. The molecule has 2 N–H and O–H groups in total. The number of carboxylic acid groups (broad SMARTS) is 1.